The SMILES string of the molecule is O=C(CCc1ccncc1)NCC(=O)Nc1ccc(F)cc1. The van der Waals surface area contributed by atoms with Crippen LogP contribution in [0.5, 0.6) is 0 Å². The highest BCUT2D eigenvalue weighted by Gasteiger charge is 2.06. The number of pyridine rings is 1. The zero-order valence-corrected chi connectivity index (χ0v) is 11.9. The zero-order valence-electron chi connectivity index (χ0n) is 11.9. The van der Waals surface area contributed by atoms with Crippen LogP contribution in [0.25, 0.3) is 0 Å². The molecular formula is C16H16FN3O2. The van der Waals surface area contributed by atoms with Gasteiger partial charge >= 0.3 is 0 Å². The Morgan fingerprint density at radius 1 is 1.00 bits per heavy atom. The molecule has 0 spiro atoms. The Kier molecular flexibility index (Phi) is 5.59. The number of halogens is 1. The number of rotatable bonds is 6. The Labute approximate surface area is 127 Å². The van der Waals surface area contributed by atoms with Crippen LogP contribution in [-0.4, -0.2) is 23.3 Å². The van der Waals surface area contributed by atoms with E-state index < -0.39 is 0 Å². The van der Waals surface area contributed by atoms with Gasteiger partial charge in [-0.1, -0.05) is 0 Å². The topological polar surface area (TPSA) is 71.1 Å². The maximum atomic E-state index is 12.7. The molecule has 0 aliphatic heterocycles. The van der Waals surface area contributed by atoms with Gasteiger partial charge in [-0.2, -0.15) is 0 Å². The number of aromatic nitrogens is 1. The predicted molar refractivity (Wildman–Crippen MR) is 80.6 cm³/mol. The van der Waals surface area contributed by atoms with Crippen molar-refractivity contribution >= 4 is 17.5 Å². The lowest BCUT2D eigenvalue weighted by molar-refractivity contribution is -0.124. The predicted octanol–water partition coefficient (Wildman–Crippen LogP) is 1.91. The van der Waals surface area contributed by atoms with Crippen molar-refractivity contribution in [2.45, 2.75) is 12.8 Å². The number of amides is 2. The van der Waals surface area contributed by atoms with E-state index >= 15 is 0 Å². The lowest BCUT2D eigenvalue weighted by Gasteiger charge is -2.07. The van der Waals surface area contributed by atoms with E-state index in [4.69, 9.17) is 0 Å². The lowest BCUT2D eigenvalue weighted by Crippen LogP contribution is -2.32. The van der Waals surface area contributed by atoms with Gasteiger partial charge in [-0.25, -0.2) is 4.39 Å². The van der Waals surface area contributed by atoms with Crippen LogP contribution < -0.4 is 10.6 Å². The van der Waals surface area contributed by atoms with Crippen molar-refractivity contribution in [3.05, 3.63) is 60.2 Å². The number of carbonyl (C=O) groups is 2. The van der Waals surface area contributed by atoms with Crippen molar-refractivity contribution in [2.75, 3.05) is 11.9 Å². The van der Waals surface area contributed by atoms with Gasteiger partial charge in [0.25, 0.3) is 0 Å². The van der Waals surface area contributed by atoms with Crippen LogP contribution in [0.4, 0.5) is 10.1 Å². The third-order valence-electron chi connectivity index (χ3n) is 2.96. The van der Waals surface area contributed by atoms with E-state index in [9.17, 15) is 14.0 Å². The largest absolute Gasteiger partial charge is 0.347 e. The molecule has 2 amide bonds. The fourth-order valence-electron chi connectivity index (χ4n) is 1.81. The minimum Gasteiger partial charge on any atom is -0.347 e. The number of nitrogens with zero attached hydrogens (tertiary/aromatic N) is 1. The van der Waals surface area contributed by atoms with E-state index in [1.54, 1.807) is 12.4 Å². The van der Waals surface area contributed by atoms with Gasteiger partial charge in [-0.15, -0.1) is 0 Å². The number of anilines is 1. The molecule has 0 radical (unpaired) electrons. The molecule has 1 aromatic heterocycles. The smallest absolute Gasteiger partial charge is 0.243 e. The van der Waals surface area contributed by atoms with Gasteiger partial charge in [0, 0.05) is 24.5 Å². The number of aryl methyl sites for hydroxylation is 1. The van der Waals surface area contributed by atoms with E-state index in [1.807, 2.05) is 12.1 Å². The van der Waals surface area contributed by atoms with Crippen molar-refractivity contribution in [3.8, 4) is 0 Å². The number of hydrogen-bond acceptors (Lipinski definition) is 3. The molecule has 0 aliphatic rings. The van der Waals surface area contributed by atoms with Gasteiger partial charge in [0.1, 0.15) is 5.82 Å². The summed E-state index contributed by atoms with van der Waals surface area (Å²) in [6.45, 7) is -0.118. The van der Waals surface area contributed by atoms with Gasteiger partial charge < -0.3 is 10.6 Å². The molecule has 2 N–H and O–H groups in total. The second-order valence-corrected chi connectivity index (χ2v) is 4.69. The monoisotopic (exact) mass is 301 g/mol. The highest BCUT2D eigenvalue weighted by Crippen LogP contribution is 2.07. The van der Waals surface area contributed by atoms with Crippen LogP contribution in [0.15, 0.2) is 48.8 Å². The van der Waals surface area contributed by atoms with E-state index in [-0.39, 0.29) is 24.2 Å². The van der Waals surface area contributed by atoms with E-state index in [1.165, 1.54) is 24.3 Å². The number of benzene rings is 1. The van der Waals surface area contributed by atoms with E-state index in [0.29, 0.717) is 18.5 Å². The molecule has 0 bridgehead atoms. The fraction of sp³-hybridized carbons (Fsp3) is 0.188. The molecule has 0 saturated carbocycles. The summed E-state index contributed by atoms with van der Waals surface area (Å²) < 4.78 is 12.7. The molecule has 0 fully saturated rings. The minimum atomic E-state index is -0.373. The summed E-state index contributed by atoms with van der Waals surface area (Å²) >= 11 is 0. The van der Waals surface area contributed by atoms with Gasteiger partial charge in [-0.05, 0) is 48.4 Å². The normalized spacial score (nSPS) is 10.0. The van der Waals surface area contributed by atoms with E-state index in [0.717, 1.165) is 5.56 Å². The molecule has 2 rings (SSSR count). The van der Waals surface area contributed by atoms with E-state index in [2.05, 4.69) is 15.6 Å². The summed E-state index contributed by atoms with van der Waals surface area (Å²) in [6.07, 6.45) is 4.23. The molecule has 1 heterocycles. The summed E-state index contributed by atoms with van der Waals surface area (Å²) in [4.78, 5) is 27.2. The maximum absolute atomic E-state index is 12.7. The summed E-state index contributed by atoms with van der Waals surface area (Å²) in [5.74, 6) is -0.933. The molecule has 0 aliphatic carbocycles. The highest BCUT2D eigenvalue weighted by molar-refractivity contribution is 5.94. The molecule has 0 atom stereocenters. The summed E-state index contributed by atoms with van der Waals surface area (Å²) in [5, 5.41) is 5.11. The molecule has 114 valence electrons. The second-order valence-electron chi connectivity index (χ2n) is 4.69. The molecule has 0 saturated heterocycles. The standard InChI is InChI=1S/C16H16FN3O2/c17-13-2-4-14(5-3-13)20-16(22)11-19-15(21)6-1-12-7-9-18-10-8-12/h2-5,7-10H,1,6,11H2,(H,19,21)(H,20,22). The summed E-state index contributed by atoms with van der Waals surface area (Å²) in [6, 6.07) is 9.10. The third-order valence-corrected chi connectivity index (χ3v) is 2.96. The Morgan fingerprint density at radius 2 is 1.68 bits per heavy atom. The van der Waals surface area contributed by atoms with Crippen molar-refractivity contribution in [1.29, 1.82) is 0 Å². The van der Waals surface area contributed by atoms with Gasteiger partial charge in [0.05, 0.1) is 6.54 Å². The lowest BCUT2D eigenvalue weighted by atomic mass is 10.1. The quantitative estimate of drug-likeness (QED) is 0.856. The molecule has 22 heavy (non-hydrogen) atoms. The average Bonchev–Trinajstić information content (AvgIpc) is 2.54. The number of hydrogen-bond donors (Lipinski definition) is 2. The minimum absolute atomic E-state index is 0.118. The molecule has 2 aromatic rings. The first-order valence-electron chi connectivity index (χ1n) is 6.84. The van der Waals surface area contributed by atoms with Crippen LogP contribution in [0.3, 0.4) is 0 Å². The maximum Gasteiger partial charge on any atom is 0.243 e. The number of carbonyl (C=O) groups excluding carboxylic acids is 2. The first-order chi connectivity index (χ1) is 10.6. The van der Waals surface area contributed by atoms with Gasteiger partial charge in [-0.3, -0.25) is 14.6 Å². The third kappa shape index (κ3) is 5.32. The average molecular weight is 301 g/mol. The van der Waals surface area contributed by atoms with Crippen LogP contribution in [0, 0.1) is 5.82 Å². The van der Waals surface area contributed by atoms with Crippen LogP contribution in [0.2, 0.25) is 0 Å². The Morgan fingerprint density at radius 3 is 2.36 bits per heavy atom. The molecule has 0 unspecified atom stereocenters. The van der Waals surface area contributed by atoms with Crippen molar-refractivity contribution < 1.29 is 14.0 Å². The van der Waals surface area contributed by atoms with Crippen molar-refractivity contribution in [1.82, 2.24) is 10.3 Å². The van der Waals surface area contributed by atoms with Crippen LogP contribution in [-0.2, 0) is 16.0 Å². The first kappa shape index (κ1) is 15.6. The fourth-order valence-corrected chi connectivity index (χ4v) is 1.81. The molecule has 1 aromatic carbocycles. The summed E-state index contributed by atoms with van der Waals surface area (Å²) in [7, 11) is 0. The Hall–Kier alpha value is -2.76. The second kappa shape index (κ2) is 7.87. The number of nitrogens with one attached hydrogen (secondary N) is 2. The zero-order chi connectivity index (χ0) is 15.8. The van der Waals surface area contributed by atoms with Gasteiger partial charge in [0.15, 0.2) is 0 Å². The van der Waals surface area contributed by atoms with Gasteiger partial charge in [0.2, 0.25) is 11.8 Å². The van der Waals surface area contributed by atoms with Crippen molar-refractivity contribution in [3.63, 3.8) is 0 Å². The molecular weight excluding hydrogens is 285 g/mol. The first-order valence-corrected chi connectivity index (χ1v) is 6.84. The Bertz CT molecular complexity index is 630. The van der Waals surface area contributed by atoms with Crippen LogP contribution in [0.1, 0.15) is 12.0 Å². The van der Waals surface area contributed by atoms with Crippen LogP contribution >= 0.6 is 0 Å². The summed E-state index contributed by atoms with van der Waals surface area (Å²) in [5.41, 5.74) is 1.50. The Balaban J connectivity index is 1.69. The van der Waals surface area contributed by atoms with Crippen molar-refractivity contribution in [2.24, 2.45) is 0 Å². The highest BCUT2D eigenvalue weighted by atomic mass is 19.1. The molecule has 5 nitrogen and oxygen atoms in total. The molecule has 6 heteroatoms.